The smallest absolute Gasteiger partial charge is 0.258 e. The number of halogens is 1. The maximum atomic E-state index is 12.5. The Morgan fingerprint density at radius 1 is 1.24 bits per heavy atom. The van der Waals surface area contributed by atoms with Crippen molar-refractivity contribution in [1.82, 2.24) is 9.97 Å². The molecule has 21 heavy (non-hydrogen) atoms. The quantitative estimate of drug-likeness (QED) is 0.720. The predicted molar refractivity (Wildman–Crippen MR) is 86.3 cm³/mol. The van der Waals surface area contributed by atoms with Crippen LogP contribution >= 0.6 is 22.9 Å². The van der Waals surface area contributed by atoms with Gasteiger partial charge in [-0.2, -0.15) is 0 Å². The summed E-state index contributed by atoms with van der Waals surface area (Å²) >= 11 is 7.45. The van der Waals surface area contributed by atoms with E-state index in [1.54, 1.807) is 6.07 Å². The zero-order valence-electron chi connectivity index (χ0n) is 11.5. The van der Waals surface area contributed by atoms with Crippen molar-refractivity contribution < 1.29 is 4.79 Å². The molecule has 0 aliphatic heterocycles. The van der Waals surface area contributed by atoms with Crippen LogP contribution in [0.5, 0.6) is 0 Å². The van der Waals surface area contributed by atoms with Gasteiger partial charge in [-0.05, 0) is 26.0 Å². The third-order valence-corrected chi connectivity index (χ3v) is 4.36. The van der Waals surface area contributed by atoms with Gasteiger partial charge in [0.2, 0.25) is 0 Å². The van der Waals surface area contributed by atoms with Crippen molar-refractivity contribution in [2.75, 3.05) is 5.32 Å². The van der Waals surface area contributed by atoms with Crippen molar-refractivity contribution in [2.24, 2.45) is 0 Å². The number of nitrogens with one attached hydrogen (secondary N) is 1. The third-order valence-electron chi connectivity index (χ3n) is 3.18. The van der Waals surface area contributed by atoms with Crippen molar-refractivity contribution in [3.05, 3.63) is 51.6 Å². The molecule has 0 fully saturated rings. The summed E-state index contributed by atoms with van der Waals surface area (Å²) in [5.74, 6) is -0.232. The predicted octanol–water partition coefficient (Wildman–Crippen LogP) is 4.21. The van der Waals surface area contributed by atoms with Crippen molar-refractivity contribution in [3.8, 4) is 0 Å². The van der Waals surface area contributed by atoms with Crippen LogP contribution in [0.15, 0.2) is 30.3 Å². The molecule has 1 aromatic carbocycles. The Hall–Kier alpha value is -1.98. The van der Waals surface area contributed by atoms with Crippen molar-refractivity contribution in [2.45, 2.75) is 13.8 Å². The highest BCUT2D eigenvalue weighted by atomic mass is 35.5. The molecule has 3 rings (SSSR count). The van der Waals surface area contributed by atoms with Gasteiger partial charge in [0.15, 0.2) is 5.13 Å². The van der Waals surface area contributed by atoms with E-state index in [0.29, 0.717) is 21.4 Å². The van der Waals surface area contributed by atoms with E-state index in [9.17, 15) is 4.79 Å². The van der Waals surface area contributed by atoms with Crippen LogP contribution in [0.2, 0.25) is 5.15 Å². The molecular weight excluding hydrogens is 306 g/mol. The van der Waals surface area contributed by atoms with Gasteiger partial charge in [0, 0.05) is 10.3 Å². The lowest BCUT2D eigenvalue weighted by molar-refractivity contribution is 0.102. The zero-order chi connectivity index (χ0) is 15.0. The van der Waals surface area contributed by atoms with E-state index in [0.717, 1.165) is 16.0 Å². The summed E-state index contributed by atoms with van der Waals surface area (Å²) in [6.07, 6.45) is 0. The van der Waals surface area contributed by atoms with Gasteiger partial charge in [-0.1, -0.05) is 29.8 Å². The molecule has 1 N–H and O–H groups in total. The topological polar surface area (TPSA) is 54.9 Å². The van der Waals surface area contributed by atoms with E-state index in [1.807, 2.05) is 38.1 Å². The summed E-state index contributed by atoms with van der Waals surface area (Å²) in [7, 11) is 0. The lowest BCUT2D eigenvalue weighted by Gasteiger charge is -2.06. The van der Waals surface area contributed by atoms with Gasteiger partial charge < -0.3 is 0 Å². The monoisotopic (exact) mass is 317 g/mol. The molecule has 0 saturated carbocycles. The molecule has 4 nitrogen and oxygen atoms in total. The number of pyridine rings is 1. The number of anilines is 1. The van der Waals surface area contributed by atoms with Crippen LogP contribution in [0.4, 0.5) is 5.13 Å². The highest BCUT2D eigenvalue weighted by molar-refractivity contribution is 7.15. The van der Waals surface area contributed by atoms with Crippen LogP contribution in [0.1, 0.15) is 20.9 Å². The second-order valence-electron chi connectivity index (χ2n) is 4.62. The van der Waals surface area contributed by atoms with Gasteiger partial charge >= 0.3 is 0 Å². The molecule has 2 aromatic heterocycles. The summed E-state index contributed by atoms with van der Waals surface area (Å²) < 4.78 is 0. The van der Waals surface area contributed by atoms with Crippen LogP contribution < -0.4 is 5.32 Å². The fourth-order valence-corrected chi connectivity index (χ4v) is 3.03. The normalized spacial score (nSPS) is 10.8. The lowest BCUT2D eigenvalue weighted by atomic mass is 10.1. The Morgan fingerprint density at radius 2 is 2.00 bits per heavy atom. The van der Waals surface area contributed by atoms with Gasteiger partial charge in [-0.3, -0.25) is 10.1 Å². The fraction of sp³-hybridized carbons (Fsp3) is 0.133. The van der Waals surface area contributed by atoms with Crippen LogP contribution in [-0.4, -0.2) is 15.9 Å². The second kappa shape index (κ2) is 5.42. The Morgan fingerprint density at radius 3 is 2.71 bits per heavy atom. The van der Waals surface area contributed by atoms with Gasteiger partial charge in [0.05, 0.1) is 16.8 Å². The summed E-state index contributed by atoms with van der Waals surface area (Å²) in [6.45, 7) is 3.89. The number of rotatable bonds is 2. The number of thiazole rings is 1. The van der Waals surface area contributed by atoms with Crippen LogP contribution in [-0.2, 0) is 0 Å². The minimum absolute atomic E-state index is 0.232. The number of nitrogens with zero attached hydrogens (tertiary/aromatic N) is 2. The Bertz CT molecular complexity index is 825. The number of carbonyl (C=O) groups excluding carboxylic acids is 1. The standard InChI is InChI=1S/C15H12ClN3OS/c1-8-9(2)21-15(17-8)19-14(20)11-7-13(16)18-12-6-4-3-5-10(11)12/h3-7H,1-2H3,(H,17,19,20). The van der Waals surface area contributed by atoms with Gasteiger partial charge in [-0.25, -0.2) is 9.97 Å². The first-order valence-corrected chi connectivity index (χ1v) is 7.54. The lowest BCUT2D eigenvalue weighted by Crippen LogP contribution is -2.12. The van der Waals surface area contributed by atoms with E-state index in [4.69, 9.17) is 11.6 Å². The first kappa shape index (κ1) is 14.0. The summed E-state index contributed by atoms with van der Waals surface area (Å²) in [6, 6.07) is 8.99. The number of carbonyl (C=O) groups is 1. The highest BCUT2D eigenvalue weighted by Gasteiger charge is 2.14. The first-order chi connectivity index (χ1) is 10.0. The Kier molecular flexibility index (Phi) is 3.61. The number of aryl methyl sites for hydroxylation is 2. The molecule has 0 atom stereocenters. The number of benzene rings is 1. The molecule has 6 heteroatoms. The molecule has 0 bridgehead atoms. The minimum Gasteiger partial charge on any atom is -0.298 e. The molecule has 1 amide bonds. The SMILES string of the molecule is Cc1nc(NC(=O)c2cc(Cl)nc3ccccc23)sc1C. The van der Waals surface area contributed by atoms with E-state index in [-0.39, 0.29) is 5.91 Å². The van der Waals surface area contributed by atoms with Crippen LogP contribution in [0.3, 0.4) is 0 Å². The van der Waals surface area contributed by atoms with Crippen molar-refractivity contribution in [3.63, 3.8) is 0 Å². The van der Waals surface area contributed by atoms with Crippen LogP contribution in [0.25, 0.3) is 10.9 Å². The molecule has 0 unspecified atom stereocenters. The van der Waals surface area contributed by atoms with Gasteiger partial charge in [0.1, 0.15) is 5.15 Å². The molecule has 0 spiro atoms. The van der Waals surface area contributed by atoms with Crippen LogP contribution in [0, 0.1) is 13.8 Å². The Labute approximate surface area is 130 Å². The number of hydrogen-bond donors (Lipinski definition) is 1. The molecule has 2 heterocycles. The number of aromatic nitrogens is 2. The first-order valence-electron chi connectivity index (χ1n) is 6.35. The maximum Gasteiger partial charge on any atom is 0.258 e. The number of hydrogen-bond acceptors (Lipinski definition) is 4. The average Bonchev–Trinajstić information content (AvgIpc) is 2.76. The van der Waals surface area contributed by atoms with E-state index in [2.05, 4.69) is 15.3 Å². The molecule has 0 saturated heterocycles. The number of amides is 1. The maximum absolute atomic E-state index is 12.5. The third kappa shape index (κ3) is 2.75. The molecule has 0 aliphatic carbocycles. The van der Waals surface area contributed by atoms with Crippen molar-refractivity contribution in [1.29, 1.82) is 0 Å². The average molecular weight is 318 g/mol. The number of para-hydroxylation sites is 1. The van der Waals surface area contributed by atoms with E-state index in [1.165, 1.54) is 11.3 Å². The molecule has 0 aliphatic rings. The Balaban J connectivity index is 2.01. The molecular formula is C15H12ClN3OS. The van der Waals surface area contributed by atoms with Crippen molar-refractivity contribution >= 4 is 44.9 Å². The molecule has 0 radical (unpaired) electrons. The van der Waals surface area contributed by atoms with E-state index >= 15 is 0 Å². The summed E-state index contributed by atoms with van der Waals surface area (Å²) in [4.78, 5) is 22.1. The largest absolute Gasteiger partial charge is 0.298 e. The highest BCUT2D eigenvalue weighted by Crippen LogP contribution is 2.24. The van der Waals surface area contributed by atoms with Gasteiger partial charge in [0.25, 0.3) is 5.91 Å². The van der Waals surface area contributed by atoms with E-state index < -0.39 is 0 Å². The number of fused-ring (bicyclic) bond motifs is 1. The second-order valence-corrected chi connectivity index (χ2v) is 6.21. The zero-order valence-corrected chi connectivity index (χ0v) is 13.0. The van der Waals surface area contributed by atoms with Gasteiger partial charge in [-0.15, -0.1) is 11.3 Å². The fourth-order valence-electron chi connectivity index (χ4n) is 2.02. The molecule has 3 aromatic rings. The summed E-state index contributed by atoms with van der Waals surface area (Å²) in [5.41, 5.74) is 2.12. The summed E-state index contributed by atoms with van der Waals surface area (Å²) in [5, 5.41) is 4.48. The molecule has 106 valence electrons. The minimum atomic E-state index is -0.232.